The Bertz CT molecular complexity index is 737. The van der Waals surface area contributed by atoms with Crippen LogP contribution in [0.5, 0.6) is 5.75 Å². The largest absolute Gasteiger partial charge is 0.484 e. The van der Waals surface area contributed by atoms with Gasteiger partial charge in [0.25, 0.3) is 11.8 Å². The summed E-state index contributed by atoms with van der Waals surface area (Å²) in [4.78, 5) is 27.3. The zero-order valence-electron chi connectivity index (χ0n) is 20.1. The number of amides is 2. The Balaban J connectivity index is 1.49. The molecule has 178 valence electrons. The molecule has 0 spiro atoms. The van der Waals surface area contributed by atoms with Crippen molar-refractivity contribution in [3.05, 3.63) is 29.8 Å². The number of nitrogens with one attached hydrogen (secondary N) is 1. The molecule has 1 aromatic carbocycles. The van der Waals surface area contributed by atoms with E-state index >= 15 is 0 Å². The summed E-state index contributed by atoms with van der Waals surface area (Å²) < 4.78 is 11.7. The Labute approximate surface area is 193 Å². The van der Waals surface area contributed by atoms with E-state index in [1.54, 1.807) is 24.3 Å². The maximum Gasteiger partial charge on any atom is 0.260 e. The minimum absolute atomic E-state index is 0.0260. The van der Waals surface area contributed by atoms with Crippen LogP contribution in [0.4, 0.5) is 0 Å². The molecule has 32 heavy (non-hydrogen) atoms. The van der Waals surface area contributed by atoms with Gasteiger partial charge in [-0.2, -0.15) is 0 Å². The van der Waals surface area contributed by atoms with E-state index in [2.05, 4.69) is 33.0 Å². The summed E-state index contributed by atoms with van der Waals surface area (Å²) in [6.07, 6.45) is 7.40. The minimum atomic E-state index is -0.0706. The lowest BCUT2D eigenvalue weighted by molar-refractivity contribution is -0.139. The minimum Gasteiger partial charge on any atom is -0.484 e. The number of benzene rings is 1. The molecule has 6 nitrogen and oxygen atoms in total. The topological polar surface area (TPSA) is 67.9 Å². The van der Waals surface area contributed by atoms with Crippen molar-refractivity contribution in [1.29, 1.82) is 0 Å². The van der Waals surface area contributed by atoms with Gasteiger partial charge in [-0.05, 0) is 76.1 Å². The highest BCUT2D eigenvalue weighted by Crippen LogP contribution is 2.26. The van der Waals surface area contributed by atoms with Gasteiger partial charge in [0.05, 0.1) is 6.10 Å². The first kappa shape index (κ1) is 24.6. The Kier molecular flexibility index (Phi) is 8.97. The fourth-order valence-corrected chi connectivity index (χ4v) is 5.21. The Hall–Kier alpha value is -2.08. The molecular formula is C26H40N2O4. The van der Waals surface area contributed by atoms with Crippen molar-refractivity contribution in [3.8, 4) is 5.75 Å². The van der Waals surface area contributed by atoms with Crippen LogP contribution in [0.25, 0.3) is 0 Å². The molecule has 2 fully saturated rings. The molecule has 0 saturated carbocycles. The number of likely N-dealkylation sites (tertiary alicyclic amines) is 1. The maximum atomic E-state index is 12.7. The van der Waals surface area contributed by atoms with Crippen molar-refractivity contribution in [1.82, 2.24) is 10.2 Å². The number of rotatable bonds is 8. The van der Waals surface area contributed by atoms with E-state index in [1.807, 2.05) is 4.90 Å². The van der Waals surface area contributed by atoms with Gasteiger partial charge in [0.15, 0.2) is 6.61 Å². The summed E-state index contributed by atoms with van der Waals surface area (Å²) in [5.74, 6) is 1.11. The molecule has 3 rings (SSSR count). The van der Waals surface area contributed by atoms with Crippen molar-refractivity contribution >= 4 is 11.8 Å². The molecule has 1 N–H and O–H groups in total. The second-order valence-electron chi connectivity index (χ2n) is 9.42. The van der Waals surface area contributed by atoms with Crippen LogP contribution in [-0.2, 0) is 9.53 Å². The molecule has 2 amide bonds. The molecule has 4 atom stereocenters. The van der Waals surface area contributed by atoms with Gasteiger partial charge in [0, 0.05) is 30.3 Å². The number of carbonyl (C=O) groups is 2. The van der Waals surface area contributed by atoms with Gasteiger partial charge in [0.1, 0.15) is 5.75 Å². The summed E-state index contributed by atoms with van der Waals surface area (Å²) >= 11 is 0. The van der Waals surface area contributed by atoms with Crippen LogP contribution < -0.4 is 10.1 Å². The SMILES string of the molecule is CCC(CC)[C@@H]1C[C@H](NC(=O)c2ccc(OCC(=O)N3[C@H](C)CCC[C@H]3C)cc2)CCO1. The van der Waals surface area contributed by atoms with Crippen LogP contribution >= 0.6 is 0 Å². The lowest BCUT2D eigenvalue weighted by atomic mass is 9.89. The van der Waals surface area contributed by atoms with E-state index in [-0.39, 0.29) is 42.7 Å². The predicted octanol–water partition coefficient (Wildman–Crippen LogP) is 4.57. The molecule has 2 heterocycles. The Morgan fingerprint density at radius 2 is 1.75 bits per heavy atom. The van der Waals surface area contributed by atoms with Crippen molar-refractivity contribution < 1.29 is 19.1 Å². The normalized spacial score (nSPS) is 26.1. The van der Waals surface area contributed by atoms with E-state index in [4.69, 9.17) is 9.47 Å². The van der Waals surface area contributed by atoms with E-state index < -0.39 is 0 Å². The highest BCUT2D eigenvalue weighted by molar-refractivity contribution is 5.94. The summed E-state index contributed by atoms with van der Waals surface area (Å²) in [6, 6.07) is 7.72. The first-order valence-corrected chi connectivity index (χ1v) is 12.4. The summed E-state index contributed by atoms with van der Waals surface area (Å²) in [7, 11) is 0. The molecule has 0 aliphatic carbocycles. The first-order chi connectivity index (χ1) is 15.4. The van der Waals surface area contributed by atoms with Crippen molar-refractivity contribution in [2.24, 2.45) is 5.92 Å². The first-order valence-electron chi connectivity index (χ1n) is 12.4. The number of ether oxygens (including phenoxy) is 2. The van der Waals surface area contributed by atoms with Gasteiger partial charge in [-0.3, -0.25) is 9.59 Å². The molecule has 1 aromatic rings. The van der Waals surface area contributed by atoms with Crippen LogP contribution in [0.3, 0.4) is 0 Å². The van der Waals surface area contributed by atoms with Gasteiger partial charge >= 0.3 is 0 Å². The van der Waals surface area contributed by atoms with Gasteiger partial charge in [-0.25, -0.2) is 0 Å². The molecule has 0 aromatic heterocycles. The van der Waals surface area contributed by atoms with Crippen LogP contribution in [0.2, 0.25) is 0 Å². The highest BCUT2D eigenvalue weighted by Gasteiger charge is 2.30. The second kappa shape index (κ2) is 11.7. The fraction of sp³-hybridized carbons (Fsp3) is 0.692. The smallest absolute Gasteiger partial charge is 0.260 e. The van der Waals surface area contributed by atoms with E-state index in [9.17, 15) is 9.59 Å². The van der Waals surface area contributed by atoms with Crippen LogP contribution in [-0.4, -0.2) is 54.2 Å². The molecule has 2 saturated heterocycles. The van der Waals surface area contributed by atoms with E-state index in [1.165, 1.54) is 6.42 Å². The van der Waals surface area contributed by atoms with E-state index in [0.29, 0.717) is 23.8 Å². The van der Waals surface area contributed by atoms with E-state index in [0.717, 1.165) is 38.5 Å². The van der Waals surface area contributed by atoms with Gasteiger partial charge in [-0.15, -0.1) is 0 Å². The van der Waals surface area contributed by atoms with Crippen LogP contribution in [0, 0.1) is 5.92 Å². The van der Waals surface area contributed by atoms with Gasteiger partial charge in [-0.1, -0.05) is 26.7 Å². The molecule has 0 bridgehead atoms. The van der Waals surface area contributed by atoms with Crippen molar-refractivity contribution in [2.75, 3.05) is 13.2 Å². The quantitative estimate of drug-likeness (QED) is 0.638. The monoisotopic (exact) mass is 444 g/mol. The lowest BCUT2D eigenvalue weighted by Crippen LogP contribution is -2.49. The molecule has 0 unspecified atom stereocenters. The Morgan fingerprint density at radius 3 is 2.38 bits per heavy atom. The average molecular weight is 445 g/mol. The Morgan fingerprint density at radius 1 is 1.09 bits per heavy atom. The second-order valence-corrected chi connectivity index (χ2v) is 9.42. The lowest BCUT2D eigenvalue weighted by Gasteiger charge is -2.38. The molecular weight excluding hydrogens is 404 g/mol. The number of piperidine rings is 1. The fourth-order valence-electron chi connectivity index (χ4n) is 5.21. The van der Waals surface area contributed by atoms with Gasteiger partial charge < -0.3 is 19.7 Å². The zero-order chi connectivity index (χ0) is 23.1. The molecule has 2 aliphatic rings. The third-order valence-electron chi connectivity index (χ3n) is 7.19. The summed E-state index contributed by atoms with van der Waals surface area (Å²) in [5.41, 5.74) is 0.604. The van der Waals surface area contributed by atoms with Crippen LogP contribution in [0.15, 0.2) is 24.3 Å². The number of hydrogen-bond acceptors (Lipinski definition) is 4. The molecule has 6 heteroatoms. The zero-order valence-corrected chi connectivity index (χ0v) is 20.1. The standard InChI is InChI=1S/C26H40N2O4/c1-5-20(6-2)24-16-22(14-15-31-24)27-26(30)21-10-12-23(13-11-21)32-17-25(29)28-18(3)8-7-9-19(28)4/h10-13,18-20,22,24H,5-9,14-17H2,1-4H3,(H,27,30)/t18-,19-,22-,24+/m1/s1. The average Bonchev–Trinajstić information content (AvgIpc) is 2.79. The molecule has 0 radical (unpaired) electrons. The number of carbonyl (C=O) groups excluding carboxylic acids is 2. The van der Waals surface area contributed by atoms with Crippen molar-refractivity contribution in [3.63, 3.8) is 0 Å². The third-order valence-corrected chi connectivity index (χ3v) is 7.19. The predicted molar refractivity (Wildman–Crippen MR) is 126 cm³/mol. The maximum absolute atomic E-state index is 12.7. The number of hydrogen-bond donors (Lipinski definition) is 1. The molecule has 2 aliphatic heterocycles. The third kappa shape index (κ3) is 6.25. The highest BCUT2D eigenvalue weighted by atomic mass is 16.5. The van der Waals surface area contributed by atoms with Crippen LogP contribution in [0.1, 0.15) is 83.0 Å². The number of nitrogens with zero attached hydrogens (tertiary/aromatic N) is 1. The van der Waals surface area contributed by atoms with Gasteiger partial charge in [0.2, 0.25) is 0 Å². The summed E-state index contributed by atoms with van der Waals surface area (Å²) in [6.45, 7) is 9.33. The summed E-state index contributed by atoms with van der Waals surface area (Å²) in [5, 5.41) is 3.17. The van der Waals surface area contributed by atoms with Crippen molar-refractivity contribution in [2.45, 2.75) is 96.9 Å².